The van der Waals surface area contributed by atoms with Gasteiger partial charge in [0.15, 0.2) is 0 Å². The summed E-state index contributed by atoms with van der Waals surface area (Å²) in [5, 5.41) is 22.1. The number of nitrogens with one attached hydrogen (secondary N) is 1. The van der Waals surface area contributed by atoms with Gasteiger partial charge < -0.3 is 15.5 Å². The summed E-state index contributed by atoms with van der Waals surface area (Å²) in [4.78, 5) is 1.55. The number of para-hydroxylation sites is 1. The Kier molecular flexibility index (Phi) is 4.80. The zero-order chi connectivity index (χ0) is 14.8. The second-order valence-electron chi connectivity index (χ2n) is 4.79. The molecule has 0 aromatic heterocycles. The van der Waals surface area contributed by atoms with Crippen LogP contribution in [0, 0.1) is 0 Å². The summed E-state index contributed by atoms with van der Waals surface area (Å²) in [5.41, 5.74) is 0.0402. The van der Waals surface area contributed by atoms with Crippen LogP contribution in [0.2, 0.25) is 5.02 Å². The van der Waals surface area contributed by atoms with Crippen LogP contribution in [-0.4, -0.2) is 53.8 Å². The fourth-order valence-corrected chi connectivity index (χ4v) is 2.65. The fraction of sp³-hybridized carbons (Fsp3) is 0.538. The first-order chi connectivity index (χ1) is 9.47. The number of hydrogen-bond acceptors (Lipinski definition) is 4. The number of aromatic hydroxyl groups is 1. The molecule has 0 bridgehead atoms. The number of hydrogen-bond donors (Lipinski definition) is 3. The van der Waals surface area contributed by atoms with Crippen molar-refractivity contribution in [2.45, 2.75) is 12.0 Å². The molecule has 1 heterocycles. The quantitative estimate of drug-likeness (QED) is 0.791. The molecule has 0 spiro atoms. The zero-order valence-electron chi connectivity index (χ0n) is 10.8. The van der Waals surface area contributed by atoms with Crippen molar-refractivity contribution in [3.63, 3.8) is 0 Å². The van der Waals surface area contributed by atoms with Crippen molar-refractivity contribution in [3.8, 4) is 5.75 Å². The predicted molar refractivity (Wildman–Crippen MR) is 72.3 cm³/mol. The highest BCUT2D eigenvalue weighted by molar-refractivity contribution is 6.32. The molecule has 3 N–H and O–H groups in total. The van der Waals surface area contributed by atoms with Gasteiger partial charge >= 0.3 is 0 Å². The minimum atomic E-state index is -3.36. The lowest BCUT2D eigenvalue weighted by molar-refractivity contribution is -0.119. The zero-order valence-corrected chi connectivity index (χ0v) is 11.6. The van der Waals surface area contributed by atoms with Gasteiger partial charge in [0.2, 0.25) is 0 Å². The van der Waals surface area contributed by atoms with E-state index in [1.807, 2.05) is 0 Å². The van der Waals surface area contributed by atoms with E-state index in [1.54, 1.807) is 4.90 Å². The van der Waals surface area contributed by atoms with Gasteiger partial charge in [-0.15, -0.1) is 0 Å². The molecular weight excluding hydrogens is 290 g/mol. The van der Waals surface area contributed by atoms with Crippen molar-refractivity contribution in [1.82, 2.24) is 10.2 Å². The van der Waals surface area contributed by atoms with Gasteiger partial charge in [-0.25, -0.2) is 8.78 Å². The number of nitrogens with zero attached hydrogens (tertiary/aromatic N) is 1. The van der Waals surface area contributed by atoms with Gasteiger partial charge in [-0.2, -0.15) is 0 Å². The van der Waals surface area contributed by atoms with Crippen LogP contribution in [-0.2, 0) is 0 Å². The molecule has 0 saturated carbocycles. The molecule has 1 aromatic carbocycles. The minimum absolute atomic E-state index is 0.0244. The van der Waals surface area contributed by atoms with E-state index in [0.717, 1.165) is 0 Å². The molecule has 1 aromatic rings. The normalized spacial score (nSPS) is 19.0. The molecule has 4 nitrogen and oxygen atoms in total. The summed E-state index contributed by atoms with van der Waals surface area (Å²) >= 11 is 5.80. The SMILES string of the molecule is OCC(F)(F)[C@H](c1cccc(Cl)c1O)N1CCNCC1. The van der Waals surface area contributed by atoms with Crippen LogP contribution in [0.1, 0.15) is 11.6 Å². The van der Waals surface area contributed by atoms with Crippen LogP contribution in [0.4, 0.5) is 8.78 Å². The topological polar surface area (TPSA) is 55.7 Å². The minimum Gasteiger partial charge on any atom is -0.506 e. The van der Waals surface area contributed by atoms with Crippen molar-refractivity contribution < 1.29 is 19.0 Å². The number of phenolic OH excluding ortho intramolecular Hbond substituents is 1. The molecular formula is C13H17ClF2N2O2. The van der Waals surface area contributed by atoms with E-state index in [9.17, 15) is 13.9 Å². The second-order valence-corrected chi connectivity index (χ2v) is 5.19. The van der Waals surface area contributed by atoms with Crippen LogP contribution in [0.25, 0.3) is 0 Å². The summed E-state index contributed by atoms with van der Waals surface area (Å²) in [7, 11) is 0. The number of piperazine rings is 1. The van der Waals surface area contributed by atoms with Crippen molar-refractivity contribution in [2.75, 3.05) is 32.8 Å². The summed E-state index contributed by atoms with van der Waals surface area (Å²) in [6, 6.07) is 2.97. The first-order valence-corrected chi connectivity index (χ1v) is 6.76. The van der Waals surface area contributed by atoms with Gasteiger partial charge in [0.1, 0.15) is 18.4 Å². The number of aliphatic hydroxyl groups is 1. The third kappa shape index (κ3) is 3.03. The van der Waals surface area contributed by atoms with E-state index in [4.69, 9.17) is 16.7 Å². The van der Waals surface area contributed by atoms with Gasteiger partial charge in [-0.3, -0.25) is 4.90 Å². The van der Waals surface area contributed by atoms with Gasteiger partial charge in [0, 0.05) is 31.7 Å². The molecule has 1 aliphatic rings. The number of phenols is 1. The molecule has 2 rings (SSSR count). The summed E-state index contributed by atoms with van der Waals surface area (Å²) < 4.78 is 28.3. The van der Waals surface area contributed by atoms with E-state index in [-0.39, 0.29) is 16.3 Å². The van der Waals surface area contributed by atoms with Crippen LogP contribution >= 0.6 is 11.6 Å². The van der Waals surface area contributed by atoms with E-state index < -0.39 is 18.6 Å². The first-order valence-electron chi connectivity index (χ1n) is 6.38. The highest BCUT2D eigenvalue weighted by Gasteiger charge is 2.45. The van der Waals surface area contributed by atoms with Crippen LogP contribution in [0.15, 0.2) is 18.2 Å². The third-order valence-electron chi connectivity index (χ3n) is 3.44. The Labute approximate surface area is 121 Å². The van der Waals surface area contributed by atoms with Crippen LogP contribution in [0.3, 0.4) is 0 Å². The van der Waals surface area contributed by atoms with E-state index >= 15 is 0 Å². The van der Waals surface area contributed by atoms with Crippen LogP contribution < -0.4 is 5.32 Å². The van der Waals surface area contributed by atoms with Crippen molar-refractivity contribution in [2.24, 2.45) is 0 Å². The Balaban J connectivity index is 2.42. The number of benzene rings is 1. The number of aliphatic hydroxyl groups excluding tert-OH is 1. The maximum absolute atomic E-state index is 14.1. The number of rotatable bonds is 4. The Bertz CT molecular complexity index is 468. The van der Waals surface area contributed by atoms with Gasteiger partial charge in [0.05, 0.1) is 5.02 Å². The van der Waals surface area contributed by atoms with Crippen molar-refractivity contribution in [1.29, 1.82) is 0 Å². The Morgan fingerprint density at radius 2 is 2.00 bits per heavy atom. The van der Waals surface area contributed by atoms with E-state index in [0.29, 0.717) is 26.2 Å². The molecule has 1 fully saturated rings. The molecule has 112 valence electrons. The molecule has 1 saturated heterocycles. The Morgan fingerprint density at radius 3 is 2.60 bits per heavy atom. The van der Waals surface area contributed by atoms with E-state index in [1.165, 1.54) is 18.2 Å². The Hall–Kier alpha value is -0.950. The average molecular weight is 307 g/mol. The molecule has 0 aliphatic carbocycles. The van der Waals surface area contributed by atoms with Gasteiger partial charge in [-0.1, -0.05) is 23.7 Å². The van der Waals surface area contributed by atoms with Crippen LogP contribution in [0.5, 0.6) is 5.75 Å². The Morgan fingerprint density at radius 1 is 1.35 bits per heavy atom. The smallest absolute Gasteiger partial charge is 0.290 e. The monoisotopic (exact) mass is 306 g/mol. The highest BCUT2D eigenvalue weighted by Crippen LogP contribution is 2.42. The lowest BCUT2D eigenvalue weighted by atomic mass is 9.97. The third-order valence-corrected chi connectivity index (χ3v) is 3.75. The molecule has 1 atom stereocenters. The highest BCUT2D eigenvalue weighted by atomic mass is 35.5. The summed E-state index contributed by atoms with van der Waals surface area (Å²) in [6.45, 7) is 0.699. The number of halogens is 3. The van der Waals surface area contributed by atoms with Gasteiger partial charge in [-0.05, 0) is 6.07 Å². The number of alkyl halides is 2. The van der Waals surface area contributed by atoms with Crippen molar-refractivity contribution >= 4 is 11.6 Å². The average Bonchev–Trinajstić information content (AvgIpc) is 2.45. The molecule has 7 heteroatoms. The molecule has 0 amide bonds. The molecule has 20 heavy (non-hydrogen) atoms. The first kappa shape index (κ1) is 15.4. The van der Waals surface area contributed by atoms with Gasteiger partial charge in [0.25, 0.3) is 5.92 Å². The standard InChI is InChI=1S/C13H17ClF2N2O2/c14-10-3-1-2-9(11(10)20)12(13(15,16)8-19)18-6-4-17-5-7-18/h1-3,12,17,19-20H,4-8H2/t12-/m0/s1. The molecule has 0 radical (unpaired) electrons. The molecule has 1 aliphatic heterocycles. The van der Waals surface area contributed by atoms with Crippen molar-refractivity contribution in [3.05, 3.63) is 28.8 Å². The lowest BCUT2D eigenvalue weighted by Crippen LogP contribution is -2.51. The predicted octanol–water partition coefficient (Wildman–Crippen LogP) is 1.62. The largest absolute Gasteiger partial charge is 0.506 e. The lowest BCUT2D eigenvalue weighted by Gasteiger charge is -2.39. The fourth-order valence-electron chi connectivity index (χ4n) is 2.47. The summed E-state index contributed by atoms with van der Waals surface area (Å²) in [6.07, 6.45) is 0. The van der Waals surface area contributed by atoms with E-state index in [2.05, 4.69) is 5.32 Å². The maximum Gasteiger partial charge on any atom is 0.290 e. The second kappa shape index (κ2) is 6.22. The summed E-state index contributed by atoms with van der Waals surface area (Å²) in [5.74, 6) is -3.72. The molecule has 0 unspecified atom stereocenters. The maximum atomic E-state index is 14.1.